The minimum Gasteiger partial charge on any atom is -0.400 e. The topological polar surface area (TPSA) is 38.7 Å². The van der Waals surface area contributed by atoms with Crippen LogP contribution in [0.25, 0.3) is 0 Å². The van der Waals surface area contributed by atoms with Gasteiger partial charge in [0.1, 0.15) is 12.4 Å². The number of halogens is 2. The van der Waals surface area contributed by atoms with E-state index in [-0.39, 0.29) is 17.6 Å². The third-order valence-electron chi connectivity index (χ3n) is 5.01. The molecule has 7 heteroatoms. The number of hydrogen-bond acceptors (Lipinski definition) is 3. The van der Waals surface area contributed by atoms with Gasteiger partial charge in [-0.05, 0) is 35.4 Å². The van der Waals surface area contributed by atoms with Gasteiger partial charge in [-0.25, -0.2) is 8.78 Å². The summed E-state index contributed by atoms with van der Waals surface area (Å²) in [6, 6.07) is 5.39. The maximum atomic E-state index is 13.0. The summed E-state index contributed by atoms with van der Waals surface area (Å²) in [5.74, 6) is 0.184. The first-order valence-electron chi connectivity index (χ1n) is 8.65. The first-order valence-corrected chi connectivity index (χ1v) is 12.6. The lowest BCUT2D eigenvalue weighted by molar-refractivity contribution is -0.0902. The molecule has 0 saturated carbocycles. The summed E-state index contributed by atoms with van der Waals surface area (Å²) in [6.45, 7) is 8.45. The Morgan fingerprint density at radius 3 is 2.38 bits per heavy atom. The Hall–Kier alpha value is -0.606. The number of fused-ring (bicyclic) bond motifs is 1. The molecule has 0 radical (unpaired) electrons. The van der Waals surface area contributed by atoms with Crippen molar-refractivity contribution in [1.29, 1.82) is 0 Å². The van der Waals surface area contributed by atoms with Crippen molar-refractivity contribution in [2.45, 2.75) is 64.5 Å². The summed E-state index contributed by atoms with van der Waals surface area (Å²) >= 11 is 0. The van der Waals surface area contributed by atoms with E-state index in [1.54, 1.807) is 12.1 Å². The molecule has 0 amide bonds. The van der Waals surface area contributed by atoms with E-state index in [9.17, 15) is 13.9 Å². The molecule has 1 aliphatic carbocycles. The molecule has 1 aromatic carbocycles. The van der Waals surface area contributed by atoms with E-state index < -0.39 is 32.1 Å². The lowest BCUT2D eigenvalue weighted by atomic mass is 9.75. The van der Waals surface area contributed by atoms with Crippen molar-refractivity contribution in [2.24, 2.45) is 5.41 Å². The van der Waals surface area contributed by atoms with Crippen LogP contribution in [0.3, 0.4) is 0 Å². The van der Waals surface area contributed by atoms with Crippen LogP contribution < -0.4 is 0 Å². The Kier molecular flexibility index (Phi) is 6.72. The van der Waals surface area contributed by atoms with Crippen LogP contribution in [-0.2, 0) is 15.3 Å². The Morgan fingerprint density at radius 2 is 1.83 bits per heavy atom. The summed E-state index contributed by atoms with van der Waals surface area (Å²) in [4.78, 5) is 0. The highest BCUT2D eigenvalue weighted by Crippen LogP contribution is 2.49. The Balaban J connectivity index is 2.36. The number of benzene rings is 1. The molecular weight excluding hydrogens is 346 g/mol. The molecular formula is C17H28F2O3Si2. The van der Waals surface area contributed by atoms with Crippen molar-refractivity contribution in [3.05, 3.63) is 34.9 Å². The van der Waals surface area contributed by atoms with Crippen molar-refractivity contribution < 1.29 is 22.7 Å². The largest absolute Gasteiger partial charge is 0.400 e. The van der Waals surface area contributed by atoms with Crippen LogP contribution >= 0.6 is 0 Å². The van der Waals surface area contributed by atoms with E-state index >= 15 is 0 Å². The van der Waals surface area contributed by atoms with Gasteiger partial charge >= 0.3 is 0 Å². The van der Waals surface area contributed by atoms with Crippen LogP contribution in [-0.4, -0.2) is 37.3 Å². The van der Waals surface area contributed by atoms with Crippen LogP contribution in [0.4, 0.5) is 8.78 Å². The molecule has 1 aromatic rings. The lowest BCUT2D eigenvalue weighted by Gasteiger charge is -2.39. The predicted molar refractivity (Wildman–Crippen MR) is 97.0 cm³/mol. The van der Waals surface area contributed by atoms with Crippen molar-refractivity contribution in [3.8, 4) is 0 Å². The fourth-order valence-electron chi connectivity index (χ4n) is 3.81. The molecule has 24 heavy (non-hydrogen) atoms. The molecule has 1 aliphatic rings. The standard InChI is InChI=1S/C17H28F2O3Si2/c1-17(2,16(21-23-3)22-24-4)13-9-8-10-11(13)6-5-7-12(10)14(20)15(18)19/h5-7,13-16,20H,8-9,23-24H2,1-4H3. The van der Waals surface area contributed by atoms with Crippen molar-refractivity contribution in [1.82, 2.24) is 0 Å². The summed E-state index contributed by atoms with van der Waals surface area (Å²) in [5.41, 5.74) is 2.08. The third kappa shape index (κ3) is 3.80. The van der Waals surface area contributed by atoms with Crippen LogP contribution in [0.15, 0.2) is 18.2 Å². The Labute approximate surface area is 147 Å². The highest BCUT2D eigenvalue weighted by molar-refractivity contribution is 6.26. The summed E-state index contributed by atoms with van der Waals surface area (Å²) in [5, 5.41) is 9.84. The number of hydrogen-bond donors (Lipinski definition) is 1. The van der Waals surface area contributed by atoms with E-state index in [0.29, 0.717) is 12.0 Å². The molecule has 2 unspecified atom stereocenters. The quantitative estimate of drug-likeness (QED) is 0.562. The van der Waals surface area contributed by atoms with Gasteiger partial charge in [-0.15, -0.1) is 0 Å². The predicted octanol–water partition coefficient (Wildman–Crippen LogP) is 2.66. The van der Waals surface area contributed by atoms with E-state index in [2.05, 4.69) is 26.9 Å². The Morgan fingerprint density at radius 1 is 1.21 bits per heavy atom. The van der Waals surface area contributed by atoms with Gasteiger partial charge in [0.25, 0.3) is 6.43 Å². The molecule has 0 heterocycles. The zero-order chi connectivity index (χ0) is 17.9. The lowest BCUT2D eigenvalue weighted by Crippen LogP contribution is -2.40. The minimum atomic E-state index is -2.76. The smallest absolute Gasteiger partial charge is 0.268 e. The van der Waals surface area contributed by atoms with Gasteiger partial charge in [0.2, 0.25) is 0 Å². The average molecular weight is 375 g/mol. The van der Waals surface area contributed by atoms with Gasteiger partial charge in [0.05, 0.1) is 0 Å². The molecule has 0 aliphatic heterocycles. The molecule has 1 N–H and O–H groups in total. The minimum absolute atomic E-state index is 0.184. The fourth-order valence-corrected chi connectivity index (χ4v) is 5.66. The van der Waals surface area contributed by atoms with E-state index in [1.165, 1.54) is 0 Å². The van der Waals surface area contributed by atoms with Crippen LogP contribution in [0.5, 0.6) is 0 Å². The van der Waals surface area contributed by atoms with E-state index in [0.717, 1.165) is 17.5 Å². The maximum absolute atomic E-state index is 13.0. The van der Waals surface area contributed by atoms with Gasteiger partial charge < -0.3 is 14.0 Å². The Bertz CT molecular complexity index is 549. The molecule has 0 bridgehead atoms. The van der Waals surface area contributed by atoms with Gasteiger partial charge in [-0.1, -0.05) is 45.1 Å². The second kappa shape index (κ2) is 8.18. The highest BCUT2D eigenvalue weighted by Gasteiger charge is 2.43. The van der Waals surface area contributed by atoms with Crippen molar-refractivity contribution >= 4 is 19.5 Å². The fraction of sp³-hybridized carbons (Fsp3) is 0.647. The summed E-state index contributed by atoms with van der Waals surface area (Å²) < 4.78 is 37.9. The number of aliphatic hydroxyl groups excluding tert-OH is 1. The first-order chi connectivity index (χ1) is 11.3. The molecule has 3 nitrogen and oxygen atoms in total. The zero-order valence-corrected chi connectivity index (χ0v) is 17.7. The molecule has 0 saturated heterocycles. The van der Waals surface area contributed by atoms with Crippen molar-refractivity contribution in [2.75, 3.05) is 0 Å². The van der Waals surface area contributed by atoms with Gasteiger partial charge in [0, 0.05) is 5.41 Å². The van der Waals surface area contributed by atoms with Crippen LogP contribution in [0.1, 0.15) is 49.0 Å². The van der Waals surface area contributed by atoms with Gasteiger partial charge in [0.15, 0.2) is 19.5 Å². The number of alkyl halides is 2. The van der Waals surface area contributed by atoms with E-state index in [4.69, 9.17) is 8.85 Å². The second-order valence-corrected chi connectivity index (χ2v) is 8.67. The van der Waals surface area contributed by atoms with Crippen LogP contribution in [0.2, 0.25) is 13.1 Å². The second-order valence-electron chi connectivity index (χ2n) is 6.85. The molecule has 0 fully saturated rings. The molecule has 2 atom stereocenters. The molecule has 0 aromatic heterocycles. The van der Waals surface area contributed by atoms with E-state index in [1.807, 2.05) is 6.07 Å². The third-order valence-corrected chi connectivity index (χ3v) is 6.28. The highest BCUT2D eigenvalue weighted by atomic mass is 28.2. The summed E-state index contributed by atoms with van der Waals surface area (Å²) in [7, 11) is -1.22. The maximum Gasteiger partial charge on any atom is 0.268 e. The number of rotatable bonds is 8. The van der Waals surface area contributed by atoms with Crippen molar-refractivity contribution in [3.63, 3.8) is 0 Å². The molecule has 0 spiro atoms. The number of aliphatic hydroxyl groups is 1. The molecule has 136 valence electrons. The van der Waals surface area contributed by atoms with Crippen LogP contribution in [0, 0.1) is 5.41 Å². The average Bonchev–Trinajstić information content (AvgIpc) is 2.98. The normalized spacial score (nSPS) is 21.2. The molecule has 2 rings (SSSR count). The SMILES string of the molecule is C[SiH2]OC(O[SiH2]C)C(C)(C)C1CCc2c(C(O)C(F)F)cccc21. The van der Waals surface area contributed by atoms with Gasteiger partial charge in [-0.2, -0.15) is 0 Å². The monoisotopic (exact) mass is 374 g/mol. The summed E-state index contributed by atoms with van der Waals surface area (Å²) in [6.07, 6.45) is -3.13. The van der Waals surface area contributed by atoms with Gasteiger partial charge in [-0.3, -0.25) is 0 Å². The zero-order valence-electron chi connectivity index (χ0n) is 14.9. The first kappa shape index (κ1) is 19.7.